The van der Waals surface area contributed by atoms with Gasteiger partial charge in [0.2, 0.25) is 0 Å². The van der Waals surface area contributed by atoms with E-state index in [4.69, 9.17) is 0 Å². The van der Waals surface area contributed by atoms with Crippen molar-refractivity contribution in [3.63, 3.8) is 0 Å². The molecule has 6 heteroatoms. The number of anilines is 1. The summed E-state index contributed by atoms with van der Waals surface area (Å²) in [5, 5.41) is 3.64. The number of hydrogen-bond donors (Lipinski definition) is 2. The first-order chi connectivity index (χ1) is 14.2. The minimum absolute atomic E-state index is 0.00412. The van der Waals surface area contributed by atoms with E-state index < -0.39 is 5.82 Å². The van der Waals surface area contributed by atoms with Crippen LogP contribution in [0.5, 0.6) is 0 Å². The molecule has 4 rings (SSSR count). The molecular weight excluding hydrogens is 379 g/mol. The fraction of sp³-hybridized carbons (Fsp3) is 0.208. The van der Waals surface area contributed by atoms with E-state index in [1.807, 2.05) is 25.1 Å². The van der Waals surface area contributed by atoms with Gasteiger partial charge in [-0.05, 0) is 53.8 Å². The van der Waals surface area contributed by atoms with Gasteiger partial charge in [0, 0.05) is 28.4 Å². The second-order valence-electron chi connectivity index (χ2n) is 8.37. The van der Waals surface area contributed by atoms with Gasteiger partial charge in [0.1, 0.15) is 17.8 Å². The maximum Gasteiger partial charge on any atom is 0.255 e. The van der Waals surface area contributed by atoms with E-state index >= 15 is 0 Å². The lowest BCUT2D eigenvalue weighted by atomic mass is 9.86. The van der Waals surface area contributed by atoms with Gasteiger partial charge in [0.15, 0.2) is 0 Å². The lowest BCUT2D eigenvalue weighted by molar-refractivity contribution is 0.102. The molecular formula is C24H23FN4O. The summed E-state index contributed by atoms with van der Waals surface area (Å²) >= 11 is 0. The predicted molar refractivity (Wildman–Crippen MR) is 117 cm³/mol. The zero-order chi connectivity index (χ0) is 21.5. The number of aromatic nitrogens is 3. The molecule has 0 radical (unpaired) electrons. The third-order valence-electron chi connectivity index (χ3n) is 5.24. The Balaban J connectivity index is 1.69. The molecule has 152 valence electrons. The normalized spacial score (nSPS) is 11.6. The summed E-state index contributed by atoms with van der Waals surface area (Å²) in [7, 11) is 0. The van der Waals surface area contributed by atoms with Crippen LogP contribution in [0.1, 0.15) is 42.3 Å². The summed E-state index contributed by atoms with van der Waals surface area (Å²) in [6, 6.07) is 12.1. The Morgan fingerprint density at radius 1 is 1.07 bits per heavy atom. The number of amides is 1. The van der Waals surface area contributed by atoms with E-state index in [1.54, 1.807) is 18.3 Å². The molecule has 0 saturated heterocycles. The number of benzene rings is 2. The SMILES string of the molecule is Cc1c(NC(=O)c2ccc(C(C)(C)C)cc2)cc(F)cc1-c1ncnc2[nH]ccc12. The molecule has 30 heavy (non-hydrogen) atoms. The van der Waals surface area contributed by atoms with Gasteiger partial charge in [0.05, 0.1) is 5.69 Å². The number of carbonyl (C=O) groups is 1. The minimum atomic E-state index is -0.448. The lowest BCUT2D eigenvalue weighted by Crippen LogP contribution is -2.15. The lowest BCUT2D eigenvalue weighted by Gasteiger charge is -2.19. The summed E-state index contributed by atoms with van der Waals surface area (Å²) in [4.78, 5) is 24.4. The van der Waals surface area contributed by atoms with E-state index in [2.05, 4.69) is 41.0 Å². The van der Waals surface area contributed by atoms with Crippen molar-refractivity contribution in [3.05, 3.63) is 77.5 Å². The molecule has 0 bridgehead atoms. The van der Waals surface area contributed by atoms with Crippen LogP contribution in [0.4, 0.5) is 10.1 Å². The number of fused-ring (bicyclic) bond motifs is 1. The van der Waals surface area contributed by atoms with E-state index in [0.717, 1.165) is 16.5 Å². The highest BCUT2D eigenvalue weighted by Crippen LogP contribution is 2.32. The number of nitrogens with zero attached hydrogens (tertiary/aromatic N) is 2. The van der Waals surface area contributed by atoms with Gasteiger partial charge >= 0.3 is 0 Å². The maximum absolute atomic E-state index is 14.5. The van der Waals surface area contributed by atoms with Gasteiger partial charge in [-0.25, -0.2) is 14.4 Å². The Labute approximate surface area is 174 Å². The third-order valence-corrected chi connectivity index (χ3v) is 5.24. The Kier molecular flexibility index (Phi) is 4.86. The Bertz CT molecular complexity index is 1240. The molecule has 5 nitrogen and oxygen atoms in total. The summed E-state index contributed by atoms with van der Waals surface area (Å²) in [6.45, 7) is 8.20. The number of carbonyl (C=O) groups excluding carboxylic acids is 1. The fourth-order valence-electron chi connectivity index (χ4n) is 3.46. The van der Waals surface area contributed by atoms with Gasteiger partial charge in [-0.15, -0.1) is 0 Å². The Morgan fingerprint density at radius 2 is 1.80 bits per heavy atom. The van der Waals surface area contributed by atoms with Crippen LogP contribution in [-0.4, -0.2) is 20.9 Å². The fourth-order valence-corrected chi connectivity index (χ4v) is 3.46. The van der Waals surface area contributed by atoms with Crippen molar-refractivity contribution in [2.75, 3.05) is 5.32 Å². The first-order valence-electron chi connectivity index (χ1n) is 9.74. The van der Waals surface area contributed by atoms with Crippen molar-refractivity contribution in [2.45, 2.75) is 33.1 Å². The number of halogens is 1. The van der Waals surface area contributed by atoms with E-state index in [-0.39, 0.29) is 11.3 Å². The van der Waals surface area contributed by atoms with Crippen LogP contribution in [0.2, 0.25) is 0 Å². The molecule has 0 aliphatic rings. The Morgan fingerprint density at radius 3 is 2.50 bits per heavy atom. The van der Waals surface area contributed by atoms with Crippen molar-refractivity contribution in [1.82, 2.24) is 15.0 Å². The molecule has 1 amide bonds. The molecule has 0 aliphatic heterocycles. The quantitative estimate of drug-likeness (QED) is 0.467. The van der Waals surface area contributed by atoms with E-state index in [9.17, 15) is 9.18 Å². The van der Waals surface area contributed by atoms with Crippen LogP contribution in [0, 0.1) is 12.7 Å². The van der Waals surface area contributed by atoms with Crippen LogP contribution < -0.4 is 5.32 Å². The largest absolute Gasteiger partial charge is 0.346 e. The second kappa shape index (κ2) is 7.37. The van der Waals surface area contributed by atoms with Crippen LogP contribution >= 0.6 is 0 Å². The molecule has 0 saturated carbocycles. The van der Waals surface area contributed by atoms with Crippen molar-refractivity contribution in [1.29, 1.82) is 0 Å². The van der Waals surface area contributed by atoms with Gasteiger partial charge in [-0.2, -0.15) is 0 Å². The van der Waals surface area contributed by atoms with Gasteiger partial charge in [0.25, 0.3) is 5.91 Å². The molecule has 2 aromatic carbocycles. The van der Waals surface area contributed by atoms with Crippen LogP contribution in [0.25, 0.3) is 22.3 Å². The highest BCUT2D eigenvalue weighted by molar-refractivity contribution is 6.05. The molecule has 2 aromatic heterocycles. The highest BCUT2D eigenvalue weighted by Gasteiger charge is 2.17. The number of nitrogens with one attached hydrogen (secondary N) is 2. The second-order valence-corrected chi connectivity index (χ2v) is 8.37. The van der Waals surface area contributed by atoms with Crippen molar-refractivity contribution in [2.24, 2.45) is 0 Å². The molecule has 2 heterocycles. The molecule has 0 unspecified atom stereocenters. The molecule has 0 spiro atoms. The van der Waals surface area contributed by atoms with Crippen LogP contribution in [0.15, 0.2) is 55.0 Å². The summed E-state index contributed by atoms with van der Waals surface area (Å²) < 4.78 is 14.5. The molecule has 4 aromatic rings. The van der Waals surface area contributed by atoms with Crippen LogP contribution in [0.3, 0.4) is 0 Å². The van der Waals surface area contributed by atoms with Crippen molar-refractivity contribution < 1.29 is 9.18 Å². The minimum Gasteiger partial charge on any atom is -0.346 e. The first kappa shape index (κ1) is 19.8. The zero-order valence-corrected chi connectivity index (χ0v) is 17.4. The number of rotatable bonds is 3. The number of H-pyrrole nitrogens is 1. The average Bonchev–Trinajstić information content (AvgIpc) is 3.19. The summed E-state index contributed by atoms with van der Waals surface area (Å²) in [6.07, 6.45) is 3.20. The van der Waals surface area contributed by atoms with Crippen LogP contribution in [-0.2, 0) is 5.41 Å². The third kappa shape index (κ3) is 3.68. The standard InChI is InChI=1S/C24H23FN4O/c1-14-19(21-18-9-10-26-22(18)28-13-27-21)11-17(25)12-20(14)29-23(30)15-5-7-16(8-6-15)24(2,3)4/h5-13H,1-4H3,(H,29,30)(H,26,27,28). The van der Waals surface area contributed by atoms with Gasteiger partial charge in [-0.3, -0.25) is 4.79 Å². The molecule has 0 atom stereocenters. The smallest absolute Gasteiger partial charge is 0.255 e. The van der Waals surface area contributed by atoms with E-state index in [1.165, 1.54) is 18.5 Å². The summed E-state index contributed by atoms with van der Waals surface area (Å²) in [5.41, 5.74) is 4.71. The topological polar surface area (TPSA) is 70.7 Å². The first-order valence-corrected chi connectivity index (χ1v) is 9.74. The average molecular weight is 402 g/mol. The number of aromatic amines is 1. The molecule has 0 fully saturated rings. The van der Waals surface area contributed by atoms with E-state index in [0.29, 0.717) is 28.2 Å². The van der Waals surface area contributed by atoms with Crippen molar-refractivity contribution in [3.8, 4) is 11.3 Å². The zero-order valence-electron chi connectivity index (χ0n) is 17.4. The maximum atomic E-state index is 14.5. The number of hydrogen-bond acceptors (Lipinski definition) is 3. The van der Waals surface area contributed by atoms with Crippen molar-refractivity contribution >= 4 is 22.6 Å². The predicted octanol–water partition coefficient (Wildman–Crippen LogP) is 5.62. The monoisotopic (exact) mass is 402 g/mol. The Hall–Kier alpha value is -3.54. The van der Waals surface area contributed by atoms with Gasteiger partial charge in [-0.1, -0.05) is 32.9 Å². The van der Waals surface area contributed by atoms with Gasteiger partial charge < -0.3 is 10.3 Å². The highest BCUT2D eigenvalue weighted by atomic mass is 19.1. The molecule has 2 N–H and O–H groups in total. The summed E-state index contributed by atoms with van der Waals surface area (Å²) in [5.74, 6) is -0.735. The molecule has 0 aliphatic carbocycles.